The van der Waals surface area contributed by atoms with Crippen LogP contribution < -0.4 is 0 Å². The Hall–Kier alpha value is -0.830. The Kier molecular flexibility index (Phi) is 3.91. The van der Waals surface area contributed by atoms with Gasteiger partial charge in [0.1, 0.15) is 0 Å². The molecular weight excluding hydrogens is 256 g/mol. The molecule has 1 rings (SSSR count). The summed E-state index contributed by atoms with van der Waals surface area (Å²) in [6, 6.07) is 3.64. The number of hydrogen-bond donors (Lipinski definition) is 1. The Labute approximate surface area is 98.4 Å². The fourth-order valence-electron chi connectivity index (χ4n) is 1.64. The van der Waals surface area contributed by atoms with Gasteiger partial charge in [0, 0.05) is 4.47 Å². The monoisotopic (exact) mass is 270 g/mol. The van der Waals surface area contributed by atoms with E-state index >= 15 is 0 Å². The SMILES string of the molecule is Cc1cc(Br)cc(C(=O)O)c1CC(C)C. The van der Waals surface area contributed by atoms with E-state index in [1.54, 1.807) is 6.07 Å². The molecule has 0 aliphatic heterocycles. The number of benzene rings is 1. The van der Waals surface area contributed by atoms with E-state index in [2.05, 4.69) is 29.8 Å². The first kappa shape index (κ1) is 12.2. The highest BCUT2D eigenvalue weighted by Gasteiger charge is 2.14. The summed E-state index contributed by atoms with van der Waals surface area (Å²) in [5.41, 5.74) is 2.40. The minimum atomic E-state index is -0.852. The predicted molar refractivity (Wildman–Crippen MR) is 64.4 cm³/mol. The molecule has 1 N–H and O–H groups in total. The zero-order chi connectivity index (χ0) is 11.6. The molecule has 0 heterocycles. The molecule has 0 fully saturated rings. The molecule has 1 aromatic carbocycles. The fourth-order valence-corrected chi connectivity index (χ4v) is 2.22. The van der Waals surface area contributed by atoms with Crippen LogP contribution in [0.1, 0.15) is 35.3 Å². The molecule has 0 radical (unpaired) electrons. The van der Waals surface area contributed by atoms with Crippen molar-refractivity contribution < 1.29 is 9.90 Å². The van der Waals surface area contributed by atoms with Crippen LogP contribution in [0.2, 0.25) is 0 Å². The van der Waals surface area contributed by atoms with Crippen molar-refractivity contribution in [3.63, 3.8) is 0 Å². The molecule has 0 amide bonds. The zero-order valence-corrected chi connectivity index (χ0v) is 10.8. The summed E-state index contributed by atoms with van der Waals surface area (Å²) in [7, 11) is 0. The van der Waals surface area contributed by atoms with Crippen molar-refractivity contribution in [1.29, 1.82) is 0 Å². The predicted octanol–water partition coefficient (Wildman–Crippen LogP) is 3.65. The minimum Gasteiger partial charge on any atom is -0.478 e. The Morgan fingerprint density at radius 3 is 2.53 bits per heavy atom. The standard InChI is InChI=1S/C12H15BrO2/c1-7(2)4-10-8(3)5-9(13)6-11(10)12(14)15/h5-7H,4H2,1-3H3,(H,14,15). The highest BCUT2D eigenvalue weighted by Crippen LogP contribution is 2.23. The molecule has 0 saturated carbocycles. The van der Waals surface area contributed by atoms with Crippen molar-refractivity contribution in [2.75, 3.05) is 0 Å². The normalized spacial score (nSPS) is 10.7. The van der Waals surface area contributed by atoms with Gasteiger partial charge in [-0.25, -0.2) is 4.79 Å². The smallest absolute Gasteiger partial charge is 0.336 e. The lowest BCUT2D eigenvalue weighted by Crippen LogP contribution is -2.07. The third kappa shape index (κ3) is 3.06. The van der Waals surface area contributed by atoms with Gasteiger partial charge in [-0.1, -0.05) is 29.8 Å². The van der Waals surface area contributed by atoms with Gasteiger partial charge >= 0.3 is 5.97 Å². The Bertz CT molecular complexity index is 383. The van der Waals surface area contributed by atoms with Crippen molar-refractivity contribution in [2.45, 2.75) is 27.2 Å². The number of aryl methyl sites for hydroxylation is 1. The highest BCUT2D eigenvalue weighted by molar-refractivity contribution is 9.10. The summed E-state index contributed by atoms with van der Waals surface area (Å²) in [6.07, 6.45) is 0.806. The molecule has 2 nitrogen and oxygen atoms in total. The average molecular weight is 271 g/mol. The number of carbonyl (C=O) groups is 1. The molecule has 0 unspecified atom stereocenters. The Balaban J connectivity index is 3.27. The summed E-state index contributed by atoms with van der Waals surface area (Å²) in [5, 5.41) is 9.11. The fraction of sp³-hybridized carbons (Fsp3) is 0.417. The maximum Gasteiger partial charge on any atom is 0.336 e. The van der Waals surface area contributed by atoms with E-state index in [9.17, 15) is 4.79 Å². The number of carboxylic acid groups (broad SMARTS) is 1. The van der Waals surface area contributed by atoms with E-state index in [0.717, 1.165) is 22.0 Å². The van der Waals surface area contributed by atoms with Crippen LogP contribution in [0.3, 0.4) is 0 Å². The first-order chi connectivity index (χ1) is 6.91. The van der Waals surface area contributed by atoms with Gasteiger partial charge < -0.3 is 5.11 Å². The maximum atomic E-state index is 11.1. The quantitative estimate of drug-likeness (QED) is 0.911. The molecule has 0 bridgehead atoms. The molecule has 0 spiro atoms. The van der Waals surface area contributed by atoms with Gasteiger partial charge in [-0.05, 0) is 42.5 Å². The van der Waals surface area contributed by atoms with Crippen molar-refractivity contribution in [3.8, 4) is 0 Å². The van der Waals surface area contributed by atoms with Gasteiger partial charge in [-0.3, -0.25) is 0 Å². The van der Waals surface area contributed by atoms with Crippen LogP contribution in [-0.2, 0) is 6.42 Å². The van der Waals surface area contributed by atoms with E-state index in [1.165, 1.54) is 0 Å². The van der Waals surface area contributed by atoms with Crippen LogP contribution in [0.15, 0.2) is 16.6 Å². The molecule has 0 aliphatic carbocycles. The first-order valence-corrected chi connectivity index (χ1v) is 5.73. The summed E-state index contributed by atoms with van der Waals surface area (Å²) in [6.45, 7) is 6.13. The lowest BCUT2D eigenvalue weighted by atomic mass is 9.94. The molecule has 0 atom stereocenters. The van der Waals surface area contributed by atoms with Gasteiger partial charge in [-0.2, -0.15) is 0 Å². The zero-order valence-electron chi connectivity index (χ0n) is 9.17. The molecular formula is C12H15BrO2. The molecule has 15 heavy (non-hydrogen) atoms. The largest absolute Gasteiger partial charge is 0.478 e. The number of rotatable bonds is 3. The highest BCUT2D eigenvalue weighted by atomic mass is 79.9. The van der Waals surface area contributed by atoms with Gasteiger partial charge in [0.25, 0.3) is 0 Å². The number of carboxylic acids is 1. The van der Waals surface area contributed by atoms with Gasteiger partial charge in [0.15, 0.2) is 0 Å². The van der Waals surface area contributed by atoms with Crippen LogP contribution >= 0.6 is 15.9 Å². The van der Waals surface area contributed by atoms with Crippen LogP contribution in [0.25, 0.3) is 0 Å². The first-order valence-electron chi connectivity index (χ1n) is 4.94. The second-order valence-corrected chi connectivity index (χ2v) is 5.07. The van der Waals surface area contributed by atoms with Crippen LogP contribution in [-0.4, -0.2) is 11.1 Å². The summed E-state index contributed by atoms with van der Waals surface area (Å²) in [5.74, 6) is -0.391. The summed E-state index contributed by atoms with van der Waals surface area (Å²) in [4.78, 5) is 11.1. The number of halogens is 1. The van der Waals surface area contributed by atoms with Crippen LogP contribution in [0, 0.1) is 12.8 Å². The second-order valence-electron chi connectivity index (χ2n) is 4.15. The van der Waals surface area contributed by atoms with Crippen LogP contribution in [0.5, 0.6) is 0 Å². The van der Waals surface area contributed by atoms with E-state index in [0.29, 0.717) is 11.5 Å². The molecule has 0 aromatic heterocycles. The Morgan fingerprint density at radius 2 is 2.07 bits per heavy atom. The second kappa shape index (κ2) is 4.79. The van der Waals surface area contributed by atoms with E-state index in [1.807, 2.05) is 13.0 Å². The van der Waals surface area contributed by atoms with Crippen molar-refractivity contribution >= 4 is 21.9 Å². The third-order valence-electron chi connectivity index (χ3n) is 2.28. The third-order valence-corrected chi connectivity index (χ3v) is 2.74. The maximum absolute atomic E-state index is 11.1. The molecule has 1 aromatic rings. The summed E-state index contributed by atoms with van der Waals surface area (Å²) >= 11 is 3.32. The summed E-state index contributed by atoms with van der Waals surface area (Å²) < 4.78 is 0.824. The minimum absolute atomic E-state index is 0.413. The molecule has 0 aliphatic rings. The van der Waals surface area contributed by atoms with E-state index < -0.39 is 5.97 Å². The van der Waals surface area contributed by atoms with Gasteiger partial charge in [0.05, 0.1) is 5.56 Å². The Morgan fingerprint density at radius 1 is 1.47 bits per heavy atom. The average Bonchev–Trinajstić information content (AvgIpc) is 2.08. The van der Waals surface area contributed by atoms with Crippen LogP contribution in [0.4, 0.5) is 0 Å². The van der Waals surface area contributed by atoms with Crippen molar-refractivity contribution in [1.82, 2.24) is 0 Å². The van der Waals surface area contributed by atoms with Gasteiger partial charge in [0.2, 0.25) is 0 Å². The van der Waals surface area contributed by atoms with Crippen molar-refractivity contribution in [3.05, 3.63) is 33.3 Å². The number of hydrogen-bond acceptors (Lipinski definition) is 1. The lowest BCUT2D eigenvalue weighted by molar-refractivity contribution is 0.0695. The number of aromatic carboxylic acids is 1. The lowest BCUT2D eigenvalue weighted by Gasteiger charge is -2.12. The van der Waals surface area contributed by atoms with E-state index in [4.69, 9.17) is 5.11 Å². The topological polar surface area (TPSA) is 37.3 Å². The molecule has 3 heteroatoms. The van der Waals surface area contributed by atoms with Gasteiger partial charge in [-0.15, -0.1) is 0 Å². The molecule has 0 saturated heterocycles. The van der Waals surface area contributed by atoms with E-state index in [-0.39, 0.29) is 0 Å². The van der Waals surface area contributed by atoms with Crippen molar-refractivity contribution in [2.24, 2.45) is 5.92 Å². The molecule has 82 valence electrons.